The molecule has 1 unspecified atom stereocenters. The van der Waals surface area contributed by atoms with E-state index in [0.717, 1.165) is 18.4 Å². The van der Waals surface area contributed by atoms with Crippen LogP contribution < -0.4 is 15.0 Å². The van der Waals surface area contributed by atoms with Gasteiger partial charge < -0.3 is 15.0 Å². The van der Waals surface area contributed by atoms with Crippen LogP contribution in [-0.2, 0) is 16.1 Å². The zero-order valence-corrected chi connectivity index (χ0v) is 19.2. The molecule has 1 fully saturated rings. The molecule has 2 aliphatic rings. The summed E-state index contributed by atoms with van der Waals surface area (Å²) >= 11 is 0. The third kappa shape index (κ3) is 4.42. The number of amides is 3. The van der Waals surface area contributed by atoms with E-state index in [0.29, 0.717) is 43.1 Å². The number of nitrogens with one attached hydrogen (secondary N) is 1. The highest BCUT2D eigenvalue weighted by molar-refractivity contribution is 6.10. The summed E-state index contributed by atoms with van der Waals surface area (Å²) < 4.78 is 5.73. The molecule has 1 aromatic carbocycles. The number of hydrogen-bond donors (Lipinski definition) is 1. The van der Waals surface area contributed by atoms with E-state index in [1.807, 2.05) is 31.2 Å². The number of benzene rings is 1. The molecule has 3 heterocycles. The lowest BCUT2D eigenvalue weighted by Gasteiger charge is -2.48. The zero-order chi connectivity index (χ0) is 23.4. The Bertz CT molecular complexity index is 1060. The molecule has 2 aliphatic heterocycles. The minimum atomic E-state index is -0.758. The summed E-state index contributed by atoms with van der Waals surface area (Å²) in [6.07, 6.45) is 4.69. The summed E-state index contributed by atoms with van der Waals surface area (Å²) in [5, 5.41) is 2.91. The molecule has 174 valence electrons. The number of fused-ring (bicyclic) bond motifs is 3. The van der Waals surface area contributed by atoms with Gasteiger partial charge in [0.2, 0.25) is 17.7 Å². The maximum absolute atomic E-state index is 13.3. The normalized spacial score (nSPS) is 19.3. The molecule has 0 saturated carbocycles. The molecule has 2 aromatic rings. The molecule has 0 spiro atoms. The Morgan fingerprint density at radius 3 is 2.85 bits per heavy atom. The molecule has 1 aromatic heterocycles. The molecule has 1 atom stereocenters. The van der Waals surface area contributed by atoms with Gasteiger partial charge in [-0.2, -0.15) is 0 Å². The van der Waals surface area contributed by atoms with Crippen molar-refractivity contribution < 1.29 is 19.1 Å². The van der Waals surface area contributed by atoms with Crippen molar-refractivity contribution in [3.05, 3.63) is 53.7 Å². The van der Waals surface area contributed by atoms with Gasteiger partial charge in [-0.05, 0) is 38.0 Å². The molecular formula is C25H30N4O4. The molecular weight excluding hydrogens is 420 g/mol. The summed E-state index contributed by atoms with van der Waals surface area (Å²) in [7, 11) is 0. The lowest BCUT2D eigenvalue weighted by molar-refractivity contribution is -0.121. The molecule has 0 aliphatic carbocycles. The SMILES string of the molecule is CCCCOc1ncccc1CNC(=O)CCN1C(=O)c2ccccc2N2C(=O)CCC12C. The highest BCUT2D eigenvalue weighted by Gasteiger charge is 2.52. The fraction of sp³-hybridized carbons (Fsp3) is 0.440. The number of ether oxygens (including phenoxy) is 1. The average Bonchev–Trinajstić information content (AvgIpc) is 3.13. The van der Waals surface area contributed by atoms with Crippen molar-refractivity contribution in [2.75, 3.05) is 18.1 Å². The lowest BCUT2D eigenvalue weighted by atomic mass is 9.98. The molecule has 0 radical (unpaired) electrons. The number of anilines is 1. The second kappa shape index (κ2) is 9.60. The maximum Gasteiger partial charge on any atom is 0.257 e. The number of carbonyl (C=O) groups excluding carboxylic acids is 3. The van der Waals surface area contributed by atoms with Crippen LogP contribution in [0.2, 0.25) is 0 Å². The summed E-state index contributed by atoms with van der Waals surface area (Å²) in [5.74, 6) is 0.205. The standard InChI is InChI=1S/C25H30N4O4/c1-3-4-16-33-23-18(8-7-14-26-23)17-27-21(30)12-15-28-24(32)19-9-5-6-10-20(19)29-22(31)11-13-25(28,29)2/h5-10,14H,3-4,11-13,15-17H2,1-2H3,(H,27,30). The summed E-state index contributed by atoms with van der Waals surface area (Å²) in [4.78, 5) is 46.2. The summed E-state index contributed by atoms with van der Waals surface area (Å²) in [6, 6.07) is 10.9. The van der Waals surface area contributed by atoms with Crippen molar-refractivity contribution in [1.29, 1.82) is 0 Å². The third-order valence-corrected chi connectivity index (χ3v) is 6.37. The van der Waals surface area contributed by atoms with Crippen LogP contribution in [0.5, 0.6) is 5.88 Å². The molecule has 1 saturated heterocycles. The van der Waals surface area contributed by atoms with E-state index in [9.17, 15) is 14.4 Å². The molecule has 3 amide bonds. The van der Waals surface area contributed by atoms with Crippen molar-refractivity contribution in [2.24, 2.45) is 0 Å². The highest BCUT2D eigenvalue weighted by Crippen LogP contribution is 2.43. The van der Waals surface area contributed by atoms with Crippen LogP contribution in [0.15, 0.2) is 42.6 Å². The Morgan fingerprint density at radius 2 is 2.03 bits per heavy atom. The first-order valence-electron chi connectivity index (χ1n) is 11.5. The fourth-order valence-corrected chi connectivity index (χ4v) is 4.54. The fourth-order valence-electron chi connectivity index (χ4n) is 4.54. The van der Waals surface area contributed by atoms with Crippen molar-refractivity contribution in [3.63, 3.8) is 0 Å². The van der Waals surface area contributed by atoms with Crippen LogP contribution in [0, 0.1) is 0 Å². The average molecular weight is 451 g/mol. The quantitative estimate of drug-likeness (QED) is 0.592. The van der Waals surface area contributed by atoms with E-state index in [-0.39, 0.29) is 30.7 Å². The van der Waals surface area contributed by atoms with Gasteiger partial charge in [-0.1, -0.05) is 31.5 Å². The largest absolute Gasteiger partial charge is 0.477 e. The van der Waals surface area contributed by atoms with E-state index in [1.54, 1.807) is 28.1 Å². The zero-order valence-electron chi connectivity index (χ0n) is 19.2. The summed E-state index contributed by atoms with van der Waals surface area (Å²) in [6.45, 7) is 5.11. The van der Waals surface area contributed by atoms with Crippen LogP contribution >= 0.6 is 0 Å². The van der Waals surface area contributed by atoms with E-state index in [2.05, 4.69) is 17.2 Å². The van der Waals surface area contributed by atoms with Gasteiger partial charge in [-0.25, -0.2) is 4.98 Å². The van der Waals surface area contributed by atoms with Crippen molar-refractivity contribution >= 4 is 23.4 Å². The first-order valence-corrected chi connectivity index (χ1v) is 11.5. The second-order valence-corrected chi connectivity index (χ2v) is 8.62. The Morgan fingerprint density at radius 1 is 1.21 bits per heavy atom. The number of hydrogen-bond acceptors (Lipinski definition) is 5. The minimum Gasteiger partial charge on any atom is -0.477 e. The lowest BCUT2D eigenvalue weighted by Crippen LogP contribution is -2.62. The molecule has 4 rings (SSSR count). The Kier molecular flexibility index (Phi) is 6.62. The van der Waals surface area contributed by atoms with E-state index in [1.165, 1.54) is 0 Å². The van der Waals surface area contributed by atoms with Gasteiger partial charge in [-0.3, -0.25) is 19.3 Å². The number of pyridine rings is 1. The van der Waals surface area contributed by atoms with Gasteiger partial charge >= 0.3 is 0 Å². The first-order chi connectivity index (χ1) is 16.0. The molecule has 1 N–H and O–H groups in total. The van der Waals surface area contributed by atoms with Crippen molar-refractivity contribution in [1.82, 2.24) is 15.2 Å². The number of rotatable bonds is 9. The van der Waals surface area contributed by atoms with Crippen LogP contribution in [0.4, 0.5) is 5.69 Å². The first kappa shape index (κ1) is 22.8. The minimum absolute atomic E-state index is 0.000850. The van der Waals surface area contributed by atoms with Crippen LogP contribution in [0.3, 0.4) is 0 Å². The number of para-hydroxylation sites is 1. The van der Waals surface area contributed by atoms with Gasteiger partial charge in [0.1, 0.15) is 5.66 Å². The monoisotopic (exact) mass is 450 g/mol. The van der Waals surface area contributed by atoms with Gasteiger partial charge in [0.15, 0.2) is 0 Å². The van der Waals surface area contributed by atoms with E-state index < -0.39 is 5.66 Å². The highest BCUT2D eigenvalue weighted by atomic mass is 16.5. The molecule has 8 heteroatoms. The van der Waals surface area contributed by atoms with Gasteiger partial charge in [0, 0.05) is 37.7 Å². The topological polar surface area (TPSA) is 91.8 Å². The van der Waals surface area contributed by atoms with E-state index in [4.69, 9.17) is 4.74 Å². The number of nitrogens with zero attached hydrogens (tertiary/aromatic N) is 3. The predicted molar refractivity (Wildman–Crippen MR) is 124 cm³/mol. The maximum atomic E-state index is 13.3. The Balaban J connectivity index is 1.41. The van der Waals surface area contributed by atoms with Gasteiger partial charge in [-0.15, -0.1) is 0 Å². The Labute approximate surface area is 193 Å². The van der Waals surface area contributed by atoms with Crippen molar-refractivity contribution in [2.45, 2.75) is 58.2 Å². The number of carbonyl (C=O) groups is 3. The number of unbranched alkanes of at least 4 members (excludes halogenated alkanes) is 1. The van der Waals surface area contributed by atoms with Gasteiger partial charge in [0.25, 0.3) is 5.91 Å². The van der Waals surface area contributed by atoms with Crippen LogP contribution in [-0.4, -0.2) is 46.4 Å². The van der Waals surface area contributed by atoms with Crippen LogP contribution in [0.1, 0.15) is 61.9 Å². The van der Waals surface area contributed by atoms with Gasteiger partial charge in [0.05, 0.1) is 17.9 Å². The summed E-state index contributed by atoms with van der Waals surface area (Å²) in [5.41, 5.74) is 1.20. The Hall–Kier alpha value is -3.42. The molecule has 8 nitrogen and oxygen atoms in total. The number of aromatic nitrogens is 1. The van der Waals surface area contributed by atoms with Crippen LogP contribution in [0.25, 0.3) is 0 Å². The van der Waals surface area contributed by atoms with E-state index >= 15 is 0 Å². The van der Waals surface area contributed by atoms with Crippen molar-refractivity contribution in [3.8, 4) is 5.88 Å². The predicted octanol–water partition coefficient (Wildman–Crippen LogP) is 3.27. The molecule has 0 bridgehead atoms. The third-order valence-electron chi connectivity index (χ3n) is 6.37. The smallest absolute Gasteiger partial charge is 0.257 e. The second-order valence-electron chi connectivity index (χ2n) is 8.62. The molecule has 33 heavy (non-hydrogen) atoms.